The van der Waals surface area contributed by atoms with Crippen LogP contribution in [0.5, 0.6) is 11.5 Å². The third-order valence-corrected chi connectivity index (χ3v) is 8.51. The summed E-state index contributed by atoms with van der Waals surface area (Å²) in [5.74, 6) is 1.49. The van der Waals surface area contributed by atoms with Gasteiger partial charge in [-0.2, -0.15) is 0 Å². The molecule has 3 aliphatic rings. The molecule has 1 saturated heterocycles. The molecule has 1 unspecified atom stereocenters. The standard InChI is InChI=1S/C31H37N5O3S/c1-5-34(6-2)30(38)28-22(3)32-31-36(24(21-40-31)20-27(37)35-17-15-33(4)16-18-35)29(28)23-11-10-14-26(19-23)39-25-12-8-7-9-13-25/h7-14,19,21,29H,5-6,15-18,20H2,1-4H3. The maximum atomic E-state index is 14.0. The van der Waals surface area contributed by atoms with E-state index >= 15 is 0 Å². The van der Waals surface area contributed by atoms with Crippen molar-refractivity contribution in [2.45, 2.75) is 33.2 Å². The summed E-state index contributed by atoms with van der Waals surface area (Å²) in [6.07, 6.45) is 0.262. The van der Waals surface area contributed by atoms with Gasteiger partial charge in [-0.15, -0.1) is 0 Å². The lowest BCUT2D eigenvalue weighted by Gasteiger charge is -2.39. The summed E-state index contributed by atoms with van der Waals surface area (Å²) in [6.45, 7) is 10.3. The number of carbonyl (C=O) groups is 2. The number of amides is 2. The Bertz CT molecular complexity index is 1340. The zero-order valence-electron chi connectivity index (χ0n) is 23.7. The first-order valence-corrected chi connectivity index (χ1v) is 14.8. The van der Waals surface area contributed by atoms with Gasteiger partial charge in [0.15, 0.2) is 5.17 Å². The van der Waals surface area contributed by atoms with Gasteiger partial charge in [0, 0.05) is 45.0 Å². The number of ether oxygens (including phenoxy) is 1. The molecule has 3 heterocycles. The van der Waals surface area contributed by atoms with Crippen LogP contribution in [-0.4, -0.2) is 82.9 Å². The van der Waals surface area contributed by atoms with E-state index in [2.05, 4.69) is 16.8 Å². The lowest BCUT2D eigenvalue weighted by atomic mass is 9.92. The minimum atomic E-state index is -0.429. The Balaban J connectivity index is 1.51. The van der Waals surface area contributed by atoms with Crippen molar-refractivity contribution in [3.05, 3.63) is 82.5 Å². The van der Waals surface area contributed by atoms with Gasteiger partial charge in [0.2, 0.25) is 5.91 Å². The van der Waals surface area contributed by atoms with Crippen molar-refractivity contribution in [2.75, 3.05) is 46.3 Å². The van der Waals surface area contributed by atoms with E-state index < -0.39 is 6.04 Å². The van der Waals surface area contributed by atoms with Crippen LogP contribution in [0.1, 0.15) is 38.8 Å². The van der Waals surface area contributed by atoms with Crippen molar-refractivity contribution in [3.63, 3.8) is 0 Å². The van der Waals surface area contributed by atoms with E-state index in [1.165, 1.54) is 11.8 Å². The lowest BCUT2D eigenvalue weighted by Crippen LogP contribution is -2.47. The zero-order chi connectivity index (χ0) is 28.2. The number of carbonyl (C=O) groups excluding carboxylic acids is 2. The van der Waals surface area contributed by atoms with E-state index in [1.807, 2.05) is 90.6 Å². The SMILES string of the molecule is CCN(CC)C(=O)C1=C(C)N=C2SC=C(CC(=O)N3CCN(C)CC3)N2C1c1cccc(Oc2ccccc2)c1. The highest BCUT2D eigenvalue weighted by atomic mass is 32.2. The second-order valence-electron chi connectivity index (χ2n) is 10.2. The normalized spacial score (nSPS) is 19.2. The Kier molecular flexibility index (Phi) is 8.61. The lowest BCUT2D eigenvalue weighted by molar-refractivity contribution is -0.132. The number of rotatable bonds is 8. The molecule has 2 aromatic carbocycles. The van der Waals surface area contributed by atoms with Crippen LogP contribution in [0.4, 0.5) is 0 Å². The molecule has 9 heteroatoms. The smallest absolute Gasteiger partial charge is 0.254 e. The first-order chi connectivity index (χ1) is 19.4. The molecular weight excluding hydrogens is 522 g/mol. The van der Waals surface area contributed by atoms with Crippen molar-refractivity contribution >= 4 is 28.7 Å². The van der Waals surface area contributed by atoms with Crippen LogP contribution in [0.25, 0.3) is 0 Å². The van der Waals surface area contributed by atoms with Crippen LogP contribution >= 0.6 is 11.8 Å². The van der Waals surface area contributed by atoms with E-state index in [0.29, 0.717) is 30.1 Å². The van der Waals surface area contributed by atoms with E-state index in [9.17, 15) is 9.59 Å². The van der Waals surface area contributed by atoms with Crippen LogP contribution in [-0.2, 0) is 9.59 Å². The summed E-state index contributed by atoms with van der Waals surface area (Å²) in [5.41, 5.74) is 3.11. The molecule has 3 aliphatic heterocycles. The molecule has 0 N–H and O–H groups in total. The number of para-hydroxylation sites is 1. The van der Waals surface area contributed by atoms with Gasteiger partial charge in [0.25, 0.3) is 5.91 Å². The Hall–Kier alpha value is -3.56. The van der Waals surface area contributed by atoms with Gasteiger partial charge in [-0.05, 0) is 63.1 Å². The molecule has 1 fully saturated rings. The number of allylic oxidation sites excluding steroid dienone is 1. The predicted molar refractivity (Wildman–Crippen MR) is 160 cm³/mol. The van der Waals surface area contributed by atoms with Crippen molar-refractivity contribution in [1.29, 1.82) is 0 Å². The number of hydrogen-bond donors (Lipinski definition) is 0. The number of likely N-dealkylation sites (N-methyl/N-ethyl adjacent to an activating group) is 2. The molecule has 0 aromatic heterocycles. The summed E-state index contributed by atoms with van der Waals surface area (Å²) >= 11 is 1.51. The Morgan fingerprint density at radius 3 is 2.40 bits per heavy atom. The van der Waals surface area contributed by atoms with Gasteiger partial charge in [-0.3, -0.25) is 9.59 Å². The number of piperazine rings is 1. The third-order valence-electron chi connectivity index (χ3n) is 7.62. The molecule has 210 valence electrons. The summed E-state index contributed by atoms with van der Waals surface area (Å²) < 4.78 is 6.17. The number of thioether (sulfide) groups is 1. The van der Waals surface area contributed by atoms with Crippen LogP contribution in [0.2, 0.25) is 0 Å². The second kappa shape index (κ2) is 12.3. The summed E-state index contributed by atoms with van der Waals surface area (Å²) in [4.78, 5) is 40.3. The molecule has 0 radical (unpaired) electrons. The minimum absolute atomic E-state index is 0.0358. The molecule has 8 nitrogen and oxygen atoms in total. The number of nitrogens with zero attached hydrogens (tertiary/aromatic N) is 5. The highest BCUT2D eigenvalue weighted by Crippen LogP contribution is 2.45. The molecule has 5 rings (SSSR count). The van der Waals surface area contributed by atoms with Crippen LogP contribution in [0.15, 0.2) is 82.0 Å². The maximum Gasteiger partial charge on any atom is 0.254 e. The van der Waals surface area contributed by atoms with Crippen LogP contribution in [0.3, 0.4) is 0 Å². The first-order valence-electron chi connectivity index (χ1n) is 13.9. The summed E-state index contributed by atoms with van der Waals surface area (Å²) in [6, 6.07) is 17.1. The van der Waals surface area contributed by atoms with E-state index in [-0.39, 0.29) is 18.2 Å². The van der Waals surface area contributed by atoms with E-state index in [4.69, 9.17) is 9.73 Å². The van der Waals surface area contributed by atoms with Gasteiger partial charge in [-0.25, -0.2) is 4.99 Å². The van der Waals surface area contributed by atoms with Gasteiger partial charge >= 0.3 is 0 Å². The number of hydrogen-bond acceptors (Lipinski definition) is 7. The first kappa shape index (κ1) is 28.0. The number of benzene rings is 2. The molecule has 2 aromatic rings. The predicted octanol–water partition coefficient (Wildman–Crippen LogP) is 5.09. The topological polar surface area (TPSA) is 68.7 Å². The molecule has 0 aliphatic carbocycles. The molecule has 0 saturated carbocycles. The number of aliphatic imine (C=N–C) groups is 1. The van der Waals surface area contributed by atoms with E-state index in [0.717, 1.165) is 48.4 Å². The highest BCUT2D eigenvalue weighted by molar-refractivity contribution is 8.16. The highest BCUT2D eigenvalue weighted by Gasteiger charge is 2.42. The Morgan fingerprint density at radius 1 is 1.00 bits per heavy atom. The van der Waals surface area contributed by atoms with Crippen molar-refractivity contribution < 1.29 is 14.3 Å². The van der Waals surface area contributed by atoms with Gasteiger partial charge in [-0.1, -0.05) is 42.1 Å². The van der Waals surface area contributed by atoms with Crippen molar-refractivity contribution in [2.24, 2.45) is 4.99 Å². The summed E-state index contributed by atoms with van der Waals surface area (Å²) in [5, 5.41) is 2.80. The fraction of sp³-hybridized carbons (Fsp3) is 0.387. The van der Waals surface area contributed by atoms with E-state index in [1.54, 1.807) is 0 Å². The molecule has 1 atom stereocenters. The Labute approximate surface area is 241 Å². The maximum absolute atomic E-state index is 14.0. The molecule has 2 amide bonds. The fourth-order valence-electron chi connectivity index (χ4n) is 5.34. The fourth-order valence-corrected chi connectivity index (χ4v) is 6.30. The van der Waals surface area contributed by atoms with Crippen molar-refractivity contribution in [1.82, 2.24) is 19.6 Å². The van der Waals surface area contributed by atoms with Gasteiger partial charge in [0.05, 0.1) is 23.7 Å². The quantitative estimate of drug-likeness (QED) is 0.449. The largest absolute Gasteiger partial charge is 0.457 e. The summed E-state index contributed by atoms with van der Waals surface area (Å²) in [7, 11) is 2.08. The monoisotopic (exact) mass is 559 g/mol. The van der Waals surface area contributed by atoms with Crippen LogP contribution in [0, 0.1) is 0 Å². The molecule has 0 spiro atoms. The van der Waals surface area contributed by atoms with Crippen molar-refractivity contribution in [3.8, 4) is 11.5 Å². The zero-order valence-corrected chi connectivity index (χ0v) is 24.5. The van der Waals surface area contributed by atoms with Gasteiger partial charge < -0.3 is 24.3 Å². The Morgan fingerprint density at radius 2 is 1.70 bits per heavy atom. The van der Waals surface area contributed by atoms with Crippen LogP contribution < -0.4 is 4.74 Å². The average molecular weight is 560 g/mol. The molecule has 40 heavy (non-hydrogen) atoms. The minimum Gasteiger partial charge on any atom is -0.457 e. The third kappa shape index (κ3) is 5.81. The van der Waals surface area contributed by atoms with Gasteiger partial charge in [0.1, 0.15) is 11.5 Å². The molecular formula is C31H37N5O3S. The second-order valence-corrected chi connectivity index (χ2v) is 11.1. The average Bonchev–Trinajstić information content (AvgIpc) is 3.35. The molecule has 0 bridgehead atoms. The number of amidine groups is 1. The number of fused-ring (bicyclic) bond motifs is 1.